The highest BCUT2D eigenvalue weighted by atomic mass is 32.2. The molecule has 1 unspecified atom stereocenters. The van der Waals surface area contributed by atoms with Crippen LogP contribution in [0, 0.1) is 0 Å². The summed E-state index contributed by atoms with van der Waals surface area (Å²) in [5.41, 5.74) is 6.39. The second-order valence-corrected chi connectivity index (χ2v) is 5.00. The van der Waals surface area contributed by atoms with E-state index in [1.54, 1.807) is 12.1 Å². The highest BCUT2D eigenvalue weighted by molar-refractivity contribution is 7.99. The number of rotatable bonds is 3. The first-order chi connectivity index (χ1) is 7.66. The maximum Gasteiger partial charge on any atom is 0.265 e. The minimum Gasteiger partial charge on any atom is -0.399 e. The van der Waals surface area contributed by atoms with E-state index in [0.29, 0.717) is 17.4 Å². The predicted octanol–water partition coefficient (Wildman–Crippen LogP) is 3.12. The minimum absolute atomic E-state index is 0.00287. The first-order valence-electron chi connectivity index (χ1n) is 5.18. The van der Waals surface area contributed by atoms with Crippen molar-refractivity contribution < 1.29 is 8.78 Å². The Morgan fingerprint density at radius 3 is 2.88 bits per heavy atom. The standard InChI is InChI=1S/C11H14F2N2S/c12-11(13)9-5-7(14)1-2-10(9)15-8-3-4-16-6-8/h1-2,5,8,11,15H,3-4,6,14H2. The van der Waals surface area contributed by atoms with E-state index in [2.05, 4.69) is 5.32 Å². The number of anilines is 2. The lowest BCUT2D eigenvalue weighted by Crippen LogP contribution is -2.19. The number of nitrogen functional groups attached to an aromatic ring is 1. The highest BCUT2D eigenvalue weighted by Gasteiger charge is 2.19. The number of thioether (sulfide) groups is 1. The van der Waals surface area contributed by atoms with Crippen LogP contribution >= 0.6 is 11.8 Å². The molecule has 88 valence electrons. The molecule has 0 spiro atoms. The van der Waals surface area contributed by atoms with Crippen LogP contribution in [-0.4, -0.2) is 17.5 Å². The van der Waals surface area contributed by atoms with Crippen molar-refractivity contribution in [3.63, 3.8) is 0 Å². The summed E-state index contributed by atoms with van der Waals surface area (Å²) in [5, 5.41) is 3.16. The molecule has 0 radical (unpaired) electrons. The van der Waals surface area contributed by atoms with Crippen molar-refractivity contribution in [2.24, 2.45) is 0 Å². The third-order valence-corrected chi connectivity index (χ3v) is 3.76. The Bertz CT molecular complexity index is 365. The molecular weight excluding hydrogens is 230 g/mol. The fourth-order valence-electron chi connectivity index (χ4n) is 1.76. The monoisotopic (exact) mass is 244 g/mol. The molecule has 1 aromatic rings. The van der Waals surface area contributed by atoms with E-state index in [0.717, 1.165) is 17.9 Å². The van der Waals surface area contributed by atoms with Gasteiger partial charge in [-0.3, -0.25) is 0 Å². The summed E-state index contributed by atoms with van der Waals surface area (Å²) >= 11 is 1.84. The van der Waals surface area contributed by atoms with Gasteiger partial charge in [0.1, 0.15) is 0 Å². The van der Waals surface area contributed by atoms with Gasteiger partial charge in [-0.15, -0.1) is 0 Å². The SMILES string of the molecule is Nc1ccc(NC2CCSC2)c(C(F)F)c1. The molecule has 1 fully saturated rings. The number of nitrogens with two attached hydrogens (primary N) is 1. The van der Waals surface area contributed by atoms with Crippen LogP contribution in [0.1, 0.15) is 18.4 Å². The Hall–Kier alpha value is -0.970. The number of benzene rings is 1. The lowest BCUT2D eigenvalue weighted by Gasteiger charge is -2.16. The molecule has 1 saturated heterocycles. The lowest BCUT2D eigenvalue weighted by atomic mass is 10.1. The zero-order valence-electron chi connectivity index (χ0n) is 8.75. The average molecular weight is 244 g/mol. The van der Waals surface area contributed by atoms with Gasteiger partial charge in [-0.2, -0.15) is 11.8 Å². The molecule has 0 aliphatic carbocycles. The van der Waals surface area contributed by atoms with Gasteiger partial charge in [0, 0.05) is 28.7 Å². The van der Waals surface area contributed by atoms with Crippen molar-refractivity contribution in [3.05, 3.63) is 23.8 Å². The quantitative estimate of drug-likeness (QED) is 0.802. The van der Waals surface area contributed by atoms with E-state index >= 15 is 0 Å². The summed E-state index contributed by atoms with van der Waals surface area (Å²) in [6.45, 7) is 0. The van der Waals surface area contributed by atoms with Crippen molar-refractivity contribution in [1.82, 2.24) is 0 Å². The summed E-state index contributed by atoms with van der Waals surface area (Å²) < 4.78 is 25.6. The maximum atomic E-state index is 12.8. The lowest BCUT2D eigenvalue weighted by molar-refractivity contribution is 0.152. The molecule has 0 bridgehead atoms. The van der Waals surface area contributed by atoms with Crippen molar-refractivity contribution >= 4 is 23.1 Å². The van der Waals surface area contributed by atoms with Crippen LogP contribution in [-0.2, 0) is 0 Å². The second-order valence-electron chi connectivity index (χ2n) is 3.85. The Labute approximate surface area is 97.6 Å². The Morgan fingerprint density at radius 2 is 2.25 bits per heavy atom. The van der Waals surface area contributed by atoms with Crippen LogP contribution in [0.25, 0.3) is 0 Å². The summed E-state index contributed by atoms with van der Waals surface area (Å²) in [6, 6.07) is 4.93. The van der Waals surface area contributed by atoms with Gasteiger partial charge < -0.3 is 11.1 Å². The largest absolute Gasteiger partial charge is 0.399 e. The number of alkyl halides is 2. The van der Waals surface area contributed by atoms with Crippen LogP contribution in [0.2, 0.25) is 0 Å². The van der Waals surface area contributed by atoms with E-state index in [9.17, 15) is 8.78 Å². The smallest absolute Gasteiger partial charge is 0.265 e. The van der Waals surface area contributed by atoms with Crippen molar-refractivity contribution in [1.29, 1.82) is 0 Å². The maximum absolute atomic E-state index is 12.8. The summed E-state index contributed by atoms with van der Waals surface area (Å²) in [6.07, 6.45) is -1.46. The Morgan fingerprint density at radius 1 is 1.44 bits per heavy atom. The van der Waals surface area contributed by atoms with Crippen LogP contribution < -0.4 is 11.1 Å². The summed E-state index contributed by atoms with van der Waals surface area (Å²) in [4.78, 5) is 0. The van der Waals surface area contributed by atoms with Gasteiger partial charge in [-0.05, 0) is 30.4 Å². The zero-order valence-corrected chi connectivity index (χ0v) is 9.57. The van der Waals surface area contributed by atoms with E-state index in [-0.39, 0.29) is 5.56 Å². The molecule has 2 nitrogen and oxygen atoms in total. The molecule has 5 heteroatoms. The summed E-state index contributed by atoms with van der Waals surface area (Å²) in [5.74, 6) is 2.07. The molecule has 0 amide bonds. The third kappa shape index (κ3) is 2.58. The molecule has 1 aliphatic rings. The van der Waals surface area contributed by atoms with E-state index in [1.807, 2.05) is 11.8 Å². The molecule has 1 aliphatic heterocycles. The van der Waals surface area contributed by atoms with E-state index in [4.69, 9.17) is 5.73 Å². The third-order valence-electron chi connectivity index (χ3n) is 2.60. The number of hydrogen-bond donors (Lipinski definition) is 2. The predicted molar refractivity (Wildman–Crippen MR) is 65.2 cm³/mol. The highest BCUT2D eigenvalue weighted by Crippen LogP contribution is 2.31. The molecule has 2 rings (SSSR count). The minimum atomic E-state index is -2.49. The van der Waals surface area contributed by atoms with Gasteiger partial charge in [0.2, 0.25) is 0 Å². The van der Waals surface area contributed by atoms with Gasteiger partial charge >= 0.3 is 0 Å². The molecular formula is C11H14F2N2S. The van der Waals surface area contributed by atoms with Crippen molar-refractivity contribution in [2.45, 2.75) is 18.9 Å². The van der Waals surface area contributed by atoms with Gasteiger partial charge in [0.25, 0.3) is 6.43 Å². The van der Waals surface area contributed by atoms with Crippen molar-refractivity contribution in [2.75, 3.05) is 22.6 Å². The second kappa shape index (κ2) is 4.91. The van der Waals surface area contributed by atoms with E-state index in [1.165, 1.54) is 6.07 Å². The Balaban J connectivity index is 2.18. The van der Waals surface area contributed by atoms with Gasteiger partial charge in [-0.25, -0.2) is 8.78 Å². The average Bonchev–Trinajstić information content (AvgIpc) is 2.73. The molecule has 1 aromatic carbocycles. The molecule has 1 atom stereocenters. The van der Waals surface area contributed by atoms with E-state index < -0.39 is 6.43 Å². The molecule has 0 aromatic heterocycles. The number of hydrogen-bond acceptors (Lipinski definition) is 3. The number of halogens is 2. The number of nitrogens with one attached hydrogen (secondary N) is 1. The zero-order chi connectivity index (χ0) is 11.5. The molecule has 1 heterocycles. The fraction of sp³-hybridized carbons (Fsp3) is 0.455. The topological polar surface area (TPSA) is 38.0 Å². The van der Waals surface area contributed by atoms with Gasteiger partial charge in [0.15, 0.2) is 0 Å². The molecule has 16 heavy (non-hydrogen) atoms. The van der Waals surface area contributed by atoms with Crippen molar-refractivity contribution in [3.8, 4) is 0 Å². The van der Waals surface area contributed by atoms with Crippen LogP contribution in [0.15, 0.2) is 18.2 Å². The van der Waals surface area contributed by atoms with Crippen LogP contribution in [0.4, 0.5) is 20.2 Å². The fourth-order valence-corrected chi connectivity index (χ4v) is 2.91. The normalized spacial score (nSPS) is 20.3. The molecule has 3 N–H and O–H groups in total. The summed E-state index contributed by atoms with van der Waals surface area (Å²) in [7, 11) is 0. The van der Waals surface area contributed by atoms with Gasteiger partial charge in [0.05, 0.1) is 0 Å². The van der Waals surface area contributed by atoms with Crippen LogP contribution in [0.5, 0.6) is 0 Å². The van der Waals surface area contributed by atoms with Gasteiger partial charge in [-0.1, -0.05) is 0 Å². The molecule has 0 saturated carbocycles. The first-order valence-corrected chi connectivity index (χ1v) is 6.34. The Kier molecular flexibility index (Phi) is 3.53. The van der Waals surface area contributed by atoms with Crippen LogP contribution in [0.3, 0.4) is 0 Å². The first kappa shape index (κ1) is 11.5.